The zero-order valence-electron chi connectivity index (χ0n) is 22.2. The fraction of sp³-hybridized carbons (Fsp3) is 0.355. The third-order valence-electron chi connectivity index (χ3n) is 6.23. The molecule has 0 saturated carbocycles. The molecule has 0 aliphatic carbocycles. The number of carbonyl (C=O) groups is 2. The van der Waals surface area contributed by atoms with Crippen molar-refractivity contribution >= 4 is 27.7 Å². The van der Waals surface area contributed by atoms with Crippen LogP contribution in [0.5, 0.6) is 5.75 Å². The van der Waals surface area contributed by atoms with E-state index in [1.54, 1.807) is 4.90 Å². The number of benzene rings is 3. The molecule has 0 radical (unpaired) electrons. The topological polar surface area (TPSA) is 58.6 Å². The Morgan fingerprint density at radius 3 is 2.35 bits per heavy atom. The van der Waals surface area contributed by atoms with Gasteiger partial charge in [-0.25, -0.2) is 0 Å². The lowest BCUT2D eigenvalue weighted by Crippen LogP contribution is -2.51. The Labute approximate surface area is 229 Å². The fourth-order valence-electron chi connectivity index (χ4n) is 4.14. The van der Waals surface area contributed by atoms with Gasteiger partial charge in [0.05, 0.1) is 4.47 Å². The highest BCUT2D eigenvalue weighted by Crippen LogP contribution is 2.29. The minimum absolute atomic E-state index is 0.158. The number of aryl methyl sites for hydroxylation is 1. The maximum Gasteiger partial charge on any atom is 0.261 e. The van der Waals surface area contributed by atoms with Crippen LogP contribution in [0.2, 0.25) is 0 Å². The van der Waals surface area contributed by atoms with Crippen LogP contribution in [0.1, 0.15) is 55.4 Å². The van der Waals surface area contributed by atoms with Crippen molar-refractivity contribution in [1.29, 1.82) is 0 Å². The molecule has 0 unspecified atom stereocenters. The van der Waals surface area contributed by atoms with Gasteiger partial charge in [0.25, 0.3) is 5.91 Å². The highest BCUT2D eigenvalue weighted by Gasteiger charge is 2.30. The second kappa shape index (κ2) is 14.0. The van der Waals surface area contributed by atoms with Gasteiger partial charge in [0.15, 0.2) is 6.61 Å². The van der Waals surface area contributed by atoms with Crippen molar-refractivity contribution in [2.75, 3.05) is 13.2 Å². The van der Waals surface area contributed by atoms with Gasteiger partial charge in [0.1, 0.15) is 11.8 Å². The monoisotopic (exact) mass is 564 g/mol. The molecule has 3 aromatic carbocycles. The van der Waals surface area contributed by atoms with E-state index in [4.69, 9.17) is 4.74 Å². The summed E-state index contributed by atoms with van der Waals surface area (Å²) in [4.78, 5) is 28.7. The van der Waals surface area contributed by atoms with Crippen molar-refractivity contribution in [3.8, 4) is 5.75 Å². The Balaban J connectivity index is 1.89. The zero-order valence-corrected chi connectivity index (χ0v) is 23.8. The first kappa shape index (κ1) is 28.5. The molecular weight excluding hydrogens is 528 g/mol. The van der Waals surface area contributed by atoms with Crippen LogP contribution in [0.25, 0.3) is 0 Å². The highest BCUT2D eigenvalue weighted by atomic mass is 79.9. The molecule has 0 fully saturated rings. The van der Waals surface area contributed by atoms with Gasteiger partial charge >= 0.3 is 0 Å². The molecule has 3 rings (SSSR count). The SMILES string of the molecule is CCCNC(=O)[C@H](Cc1ccccc1)N(Cc1cccc(C)c1)C(=O)COc1ccc(C(C)C)cc1Br. The number of ether oxygens (including phenoxy) is 1. The van der Waals surface area contributed by atoms with Crippen molar-refractivity contribution < 1.29 is 14.3 Å². The highest BCUT2D eigenvalue weighted by molar-refractivity contribution is 9.10. The molecule has 1 N–H and O–H groups in total. The van der Waals surface area contributed by atoms with Gasteiger partial charge in [-0.1, -0.05) is 87.0 Å². The number of hydrogen-bond donors (Lipinski definition) is 1. The number of nitrogens with zero attached hydrogens (tertiary/aromatic N) is 1. The van der Waals surface area contributed by atoms with Crippen molar-refractivity contribution in [3.63, 3.8) is 0 Å². The van der Waals surface area contributed by atoms with Crippen LogP contribution in [0.3, 0.4) is 0 Å². The molecule has 0 spiro atoms. The summed E-state index contributed by atoms with van der Waals surface area (Å²) in [5.41, 5.74) is 4.25. The van der Waals surface area contributed by atoms with Gasteiger partial charge in [-0.05, 0) is 64.0 Å². The van der Waals surface area contributed by atoms with Crippen molar-refractivity contribution in [2.24, 2.45) is 0 Å². The van der Waals surface area contributed by atoms with Crippen LogP contribution < -0.4 is 10.1 Å². The molecule has 196 valence electrons. The summed E-state index contributed by atoms with van der Waals surface area (Å²) in [7, 11) is 0. The predicted molar refractivity (Wildman–Crippen MR) is 153 cm³/mol. The lowest BCUT2D eigenvalue weighted by molar-refractivity contribution is -0.142. The minimum Gasteiger partial charge on any atom is -0.483 e. The zero-order chi connectivity index (χ0) is 26.8. The maximum atomic E-state index is 13.7. The summed E-state index contributed by atoms with van der Waals surface area (Å²) in [6, 6.07) is 23.1. The first-order valence-electron chi connectivity index (χ1n) is 12.9. The lowest BCUT2D eigenvalue weighted by Gasteiger charge is -2.31. The normalized spacial score (nSPS) is 11.7. The molecule has 2 amide bonds. The number of amides is 2. The lowest BCUT2D eigenvalue weighted by atomic mass is 10.0. The summed E-state index contributed by atoms with van der Waals surface area (Å²) in [5.74, 6) is 0.587. The predicted octanol–water partition coefficient (Wildman–Crippen LogP) is 6.43. The van der Waals surface area contributed by atoms with Gasteiger partial charge in [-0.2, -0.15) is 0 Å². The molecule has 0 aromatic heterocycles. The van der Waals surface area contributed by atoms with Crippen LogP contribution in [0.4, 0.5) is 0 Å². The standard InChI is InChI=1S/C31H37BrN2O3/c1-5-16-33-31(36)28(18-24-11-7-6-8-12-24)34(20-25-13-9-10-23(4)17-25)30(35)21-37-29-15-14-26(22(2)3)19-27(29)32/h6-15,17,19,22,28H,5,16,18,20-21H2,1-4H3,(H,33,36)/t28-/m0/s1. The summed E-state index contributed by atoms with van der Waals surface area (Å²) in [5, 5.41) is 3.00. The summed E-state index contributed by atoms with van der Waals surface area (Å²) in [6.07, 6.45) is 1.24. The van der Waals surface area contributed by atoms with Crippen LogP contribution in [-0.4, -0.2) is 35.9 Å². The molecule has 0 saturated heterocycles. The molecular formula is C31H37BrN2O3. The summed E-state index contributed by atoms with van der Waals surface area (Å²) >= 11 is 3.58. The molecule has 0 aliphatic heterocycles. The molecule has 1 atom stereocenters. The number of hydrogen-bond acceptors (Lipinski definition) is 3. The largest absolute Gasteiger partial charge is 0.483 e. The number of nitrogens with one attached hydrogen (secondary N) is 1. The Kier molecular flexibility index (Phi) is 10.8. The molecule has 37 heavy (non-hydrogen) atoms. The van der Waals surface area contributed by atoms with Crippen molar-refractivity contribution in [3.05, 3.63) is 99.5 Å². The van der Waals surface area contributed by atoms with E-state index in [-0.39, 0.29) is 18.4 Å². The van der Waals surface area contributed by atoms with Gasteiger partial charge in [0.2, 0.25) is 5.91 Å². The van der Waals surface area contributed by atoms with E-state index in [1.165, 1.54) is 5.56 Å². The van der Waals surface area contributed by atoms with E-state index in [0.717, 1.165) is 27.6 Å². The molecule has 0 bridgehead atoms. The number of carbonyl (C=O) groups excluding carboxylic acids is 2. The average Bonchev–Trinajstić information content (AvgIpc) is 2.89. The van der Waals surface area contributed by atoms with E-state index in [2.05, 4.69) is 35.1 Å². The molecule has 3 aromatic rings. The van der Waals surface area contributed by atoms with Crippen LogP contribution in [0.15, 0.2) is 77.3 Å². The molecule has 0 aliphatic rings. The van der Waals surface area contributed by atoms with Gasteiger partial charge in [0, 0.05) is 19.5 Å². The minimum atomic E-state index is -0.669. The second-order valence-corrected chi connectivity index (χ2v) is 10.5. The Morgan fingerprint density at radius 1 is 0.973 bits per heavy atom. The Morgan fingerprint density at radius 2 is 1.70 bits per heavy atom. The summed E-state index contributed by atoms with van der Waals surface area (Å²) < 4.78 is 6.77. The van der Waals surface area contributed by atoms with E-state index in [9.17, 15) is 9.59 Å². The number of halogens is 1. The van der Waals surface area contributed by atoms with E-state index >= 15 is 0 Å². The van der Waals surface area contributed by atoms with E-state index in [1.807, 2.05) is 86.6 Å². The first-order chi connectivity index (χ1) is 17.8. The molecule has 6 heteroatoms. The van der Waals surface area contributed by atoms with E-state index in [0.29, 0.717) is 31.2 Å². The Hall–Kier alpha value is -3.12. The van der Waals surface area contributed by atoms with Gasteiger partial charge in [-0.15, -0.1) is 0 Å². The van der Waals surface area contributed by atoms with Crippen LogP contribution in [-0.2, 0) is 22.6 Å². The summed E-state index contributed by atoms with van der Waals surface area (Å²) in [6.45, 7) is 9.00. The fourth-order valence-corrected chi connectivity index (χ4v) is 4.65. The second-order valence-electron chi connectivity index (χ2n) is 9.64. The van der Waals surface area contributed by atoms with Gasteiger partial charge < -0.3 is 15.0 Å². The maximum absolute atomic E-state index is 13.7. The molecule has 5 nitrogen and oxygen atoms in total. The van der Waals surface area contributed by atoms with Crippen molar-refractivity contribution in [2.45, 2.75) is 59.0 Å². The smallest absolute Gasteiger partial charge is 0.261 e. The van der Waals surface area contributed by atoms with Gasteiger partial charge in [-0.3, -0.25) is 9.59 Å². The third kappa shape index (κ3) is 8.46. The van der Waals surface area contributed by atoms with Crippen molar-refractivity contribution in [1.82, 2.24) is 10.2 Å². The quantitative estimate of drug-likeness (QED) is 0.276. The third-order valence-corrected chi connectivity index (χ3v) is 6.85. The van der Waals surface area contributed by atoms with Crippen LogP contribution in [0, 0.1) is 6.92 Å². The Bertz CT molecular complexity index is 1180. The average molecular weight is 566 g/mol. The van der Waals surface area contributed by atoms with E-state index < -0.39 is 6.04 Å². The van der Waals surface area contributed by atoms with Crippen LogP contribution >= 0.6 is 15.9 Å². The number of rotatable bonds is 12. The first-order valence-corrected chi connectivity index (χ1v) is 13.7. The molecule has 0 heterocycles.